The van der Waals surface area contributed by atoms with Gasteiger partial charge in [0, 0.05) is 26.2 Å². The minimum Gasteiger partial charge on any atom is -0.494 e. The van der Waals surface area contributed by atoms with Gasteiger partial charge in [-0.1, -0.05) is 30.3 Å². The van der Waals surface area contributed by atoms with E-state index in [2.05, 4.69) is 10.2 Å². The second kappa shape index (κ2) is 12.7. The van der Waals surface area contributed by atoms with Crippen LogP contribution in [0.3, 0.4) is 0 Å². The third kappa shape index (κ3) is 7.82. The van der Waals surface area contributed by atoms with Gasteiger partial charge in [0.2, 0.25) is 15.9 Å². The maximum atomic E-state index is 13.4. The molecule has 1 N–H and O–H groups in total. The van der Waals surface area contributed by atoms with Crippen LogP contribution in [0.5, 0.6) is 5.75 Å². The van der Waals surface area contributed by atoms with Gasteiger partial charge < -0.3 is 14.8 Å². The molecule has 0 saturated carbocycles. The Labute approximate surface area is 196 Å². The number of hydrogen-bond acceptors (Lipinski definition) is 6. The van der Waals surface area contributed by atoms with Crippen molar-refractivity contribution in [2.24, 2.45) is 0 Å². The average molecular weight is 476 g/mol. The van der Waals surface area contributed by atoms with Crippen molar-refractivity contribution < 1.29 is 22.7 Å². The Balaban J connectivity index is 1.63. The Hall–Kier alpha value is -2.46. The zero-order chi connectivity index (χ0) is 23.5. The first-order valence-electron chi connectivity index (χ1n) is 11.3. The lowest BCUT2D eigenvalue weighted by molar-refractivity contribution is -0.121. The number of ether oxygens (including phenoxy) is 2. The van der Waals surface area contributed by atoms with E-state index in [1.807, 2.05) is 37.3 Å². The third-order valence-electron chi connectivity index (χ3n) is 5.37. The van der Waals surface area contributed by atoms with Gasteiger partial charge in [0.15, 0.2) is 0 Å². The minimum atomic E-state index is -3.88. The van der Waals surface area contributed by atoms with Crippen LogP contribution in [0.1, 0.15) is 18.9 Å². The molecular weight excluding hydrogens is 442 g/mol. The number of hydrogen-bond donors (Lipinski definition) is 1. The molecule has 1 amide bonds. The molecule has 180 valence electrons. The molecule has 0 unspecified atom stereocenters. The van der Waals surface area contributed by atoms with E-state index in [9.17, 15) is 13.2 Å². The van der Waals surface area contributed by atoms with E-state index in [-0.39, 0.29) is 23.9 Å². The van der Waals surface area contributed by atoms with Crippen LogP contribution in [0.25, 0.3) is 0 Å². The van der Waals surface area contributed by atoms with E-state index in [1.54, 1.807) is 12.1 Å². The SMILES string of the molecule is CCOc1ccc(S(=O)(=O)N(CC(=O)NCCCN2CCOCC2)Cc2ccccc2)cc1. The molecule has 0 aliphatic carbocycles. The van der Waals surface area contributed by atoms with Gasteiger partial charge in [0.25, 0.3) is 0 Å². The van der Waals surface area contributed by atoms with Crippen molar-refractivity contribution in [1.82, 2.24) is 14.5 Å². The summed E-state index contributed by atoms with van der Waals surface area (Å²) >= 11 is 0. The summed E-state index contributed by atoms with van der Waals surface area (Å²) in [4.78, 5) is 15.1. The predicted octanol–water partition coefficient (Wildman–Crippen LogP) is 2.11. The van der Waals surface area contributed by atoms with Gasteiger partial charge in [-0.3, -0.25) is 9.69 Å². The number of carbonyl (C=O) groups is 1. The van der Waals surface area contributed by atoms with Gasteiger partial charge in [-0.2, -0.15) is 4.31 Å². The number of nitrogens with zero attached hydrogens (tertiary/aromatic N) is 2. The maximum Gasteiger partial charge on any atom is 0.243 e. The molecule has 33 heavy (non-hydrogen) atoms. The summed E-state index contributed by atoms with van der Waals surface area (Å²) < 4.78 is 38.7. The topological polar surface area (TPSA) is 88.2 Å². The van der Waals surface area contributed by atoms with Gasteiger partial charge in [0.1, 0.15) is 5.75 Å². The van der Waals surface area contributed by atoms with E-state index < -0.39 is 10.0 Å². The first kappa shape index (κ1) is 25.2. The second-order valence-corrected chi connectivity index (χ2v) is 9.76. The summed E-state index contributed by atoms with van der Waals surface area (Å²) in [5, 5.41) is 2.86. The highest BCUT2D eigenvalue weighted by atomic mass is 32.2. The molecule has 1 aliphatic heterocycles. The normalized spacial score (nSPS) is 14.8. The maximum absolute atomic E-state index is 13.4. The number of amides is 1. The zero-order valence-corrected chi connectivity index (χ0v) is 19.9. The molecule has 2 aromatic rings. The molecule has 0 radical (unpaired) electrons. The van der Waals surface area contributed by atoms with E-state index in [0.717, 1.165) is 44.8 Å². The zero-order valence-electron chi connectivity index (χ0n) is 19.1. The molecular formula is C24H33N3O5S. The molecule has 8 nitrogen and oxygen atoms in total. The van der Waals surface area contributed by atoms with E-state index in [4.69, 9.17) is 9.47 Å². The molecule has 0 atom stereocenters. The number of nitrogens with one attached hydrogen (secondary N) is 1. The van der Waals surface area contributed by atoms with Gasteiger partial charge in [-0.15, -0.1) is 0 Å². The lowest BCUT2D eigenvalue weighted by atomic mass is 10.2. The number of morpholine rings is 1. The van der Waals surface area contributed by atoms with Crippen LogP contribution >= 0.6 is 0 Å². The lowest BCUT2D eigenvalue weighted by Crippen LogP contribution is -2.41. The van der Waals surface area contributed by atoms with E-state index in [1.165, 1.54) is 16.4 Å². The van der Waals surface area contributed by atoms with E-state index >= 15 is 0 Å². The van der Waals surface area contributed by atoms with Crippen molar-refractivity contribution in [1.29, 1.82) is 0 Å². The average Bonchev–Trinajstić information content (AvgIpc) is 2.83. The van der Waals surface area contributed by atoms with Crippen molar-refractivity contribution in [3.05, 3.63) is 60.2 Å². The van der Waals surface area contributed by atoms with Crippen LogP contribution in [0, 0.1) is 0 Å². The fourth-order valence-electron chi connectivity index (χ4n) is 3.61. The molecule has 0 spiro atoms. The van der Waals surface area contributed by atoms with Crippen LogP contribution in [-0.2, 0) is 26.1 Å². The fraction of sp³-hybridized carbons (Fsp3) is 0.458. The van der Waals surface area contributed by atoms with E-state index in [0.29, 0.717) is 18.9 Å². The van der Waals surface area contributed by atoms with Gasteiger partial charge in [-0.05, 0) is 49.7 Å². The largest absolute Gasteiger partial charge is 0.494 e. The molecule has 1 fully saturated rings. The molecule has 1 aliphatic rings. The molecule has 0 bridgehead atoms. The van der Waals surface area contributed by atoms with Gasteiger partial charge >= 0.3 is 0 Å². The minimum absolute atomic E-state index is 0.109. The smallest absolute Gasteiger partial charge is 0.243 e. The van der Waals surface area contributed by atoms with Gasteiger partial charge in [0.05, 0.1) is 31.3 Å². The van der Waals surface area contributed by atoms with Crippen LogP contribution in [-0.4, -0.2) is 76.1 Å². The standard InChI is InChI=1S/C24H33N3O5S/c1-2-32-22-9-11-23(12-10-22)33(29,30)27(19-21-7-4-3-5-8-21)20-24(28)25-13-6-14-26-15-17-31-18-16-26/h3-5,7-12H,2,6,13-20H2,1H3,(H,25,28). The second-order valence-electron chi connectivity index (χ2n) is 7.82. The lowest BCUT2D eigenvalue weighted by Gasteiger charge is -2.26. The molecule has 1 heterocycles. The van der Waals surface area contributed by atoms with Crippen molar-refractivity contribution in [2.75, 3.05) is 52.5 Å². The van der Waals surface area contributed by atoms with Crippen LogP contribution in [0.4, 0.5) is 0 Å². The quantitative estimate of drug-likeness (QED) is 0.473. The Morgan fingerprint density at radius 2 is 1.79 bits per heavy atom. The Morgan fingerprint density at radius 1 is 1.09 bits per heavy atom. The monoisotopic (exact) mass is 475 g/mol. The number of sulfonamides is 1. The number of benzene rings is 2. The van der Waals surface area contributed by atoms with Crippen molar-refractivity contribution in [2.45, 2.75) is 24.8 Å². The Kier molecular flexibility index (Phi) is 9.68. The highest BCUT2D eigenvalue weighted by Gasteiger charge is 2.27. The Morgan fingerprint density at radius 3 is 2.45 bits per heavy atom. The highest BCUT2D eigenvalue weighted by molar-refractivity contribution is 7.89. The molecule has 2 aromatic carbocycles. The van der Waals surface area contributed by atoms with Crippen molar-refractivity contribution >= 4 is 15.9 Å². The number of carbonyl (C=O) groups excluding carboxylic acids is 1. The van der Waals surface area contributed by atoms with Crippen LogP contribution in [0.2, 0.25) is 0 Å². The Bertz CT molecular complexity index is 961. The highest BCUT2D eigenvalue weighted by Crippen LogP contribution is 2.21. The third-order valence-corrected chi connectivity index (χ3v) is 7.18. The molecule has 9 heteroatoms. The predicted molar refractivity (Wildman–Crippen MR) is 127 cm³/mol. The van der Waals surface area contributed by atoms with Crippen LogP contribution in [0.15, 0.2) is 59.5 Å². The van der Waals surface area contributed by atoms with Gasteiger partial charge in [-0.25, -0.2) is 8.42 Å². The summed E-state index contributed by atoms with van der Waals surface area (Å²) in [6.45, 7) is 6.89. The van der Waals surface area contributed by atoms with Crippen molar-refractivity contribution in [3.63, 3.8) is 0 Å². The first-order valence-corrected chi connectivity index (χ1v) is 12.8. The molecule has 0 aromatic heterocycles. The summed E-state index contributed by atoms with van der Waals surface area (Å²) in [7, 11) is -3.88. The fourth-order valence-corrected chi connectivity index (χ4v) is 4.99. The first-order chi connectivity index (χ1) is 16.0. The molecule has 3 rings (SSSR count). The summed E-state index contributed by atoms with van der Waals surface area (Å²) in [5.74, 6) is 0.284. The summed E-state index contributed by atoms with van der Waals surface area (Å²) in [6, 6.07) is 15.5. The summed E-state index contributed by atoms with van der Waals surface area (Å²) in [5.41, 5.74) is 0.812. The molecule has 1 saturated heterocycles. The van der Waals surface area contributed by atoms with Crippen molar-refractivity contribution in [3.8, 4) is 5.75 Å². The summed E-state index contributed by atoms with van der Waals surface area (Å²) in [6.07, 6.45) is 0.802. The number of rotatable bonds is 12. The van der Waals surface area contributed by atoms with Crippen LogP contribution < -0.4 is 10.1 Å².